The summed E-state index contributed by atoms with van der Waals surface area (Å²) in [6.45, 7) is 4.65. The maximum Gasteiger partial charge on any atom is 0.306 e. The van der Waals surface area contributed by atoms with Gasteiger partial charge in [-0.1, -0.05) is 122 Å². The second kappa shape index (κ2) is 32.9. The normalized spacial score (nSPS) is 13.2. The van der Waals surface area contributed by atoms with E-state index in [1.54, 1.807) is 0 Å². The first-order valence-electron chi connectivity index (χ1n) is 19.5. The second-order valence-corrected chi connectivity index (χ2v) is 14.2. The lowest BCUT2D eigenvalue weighted by Crippen LogP contribution is -2.44. The predicted octanol–water partition coefficient (Wildman–Crippen LogP) is 7.99. The van der Waals surface area contributed by atoms with Gasteiger partial charge in [-0.3, -0.25) is 9.59 Å². The molecule has 9 heteroatoms. The lowest BCUT2D eigenvalue weighted by molar-refractivity contribution is -0.870. The smallest absolute Gasteiger partial charge is 0.306 e. The molecule has 0 aromatic rings. The molecule has 0 fully saturated rings. The van der Waals surface area contributed by atoms with Gasteiger partial charge in [-0.25, -0.2) is 0 Å². The Morgan fingerprint density at radius 3 is 1.65 bits per heavy atom. The van der Waals surface area contributed by atoms with E-state index in [9.17, 15) is 19.5 Å². The summed E-state index contributed by atoms with van der Waals surface area (Å²) in [4.78, 5) is 36.7. The van der Waals surface area contributed by atoms with E-state index in [-0.39, 0.29) is 32.2 Å². The maximum atomic E-state index is 12.7. The van der Waals surface area contributed by atoms with Crippen LogP contribution in [-0.2, 0) is 33.3 Å². The molecule has 0 heterocycles. The minimum absolute atomic E-state index is 0.146. The first-order valence-corrected chi connectivity index (χ1v) is 19.5. The number of hydrogen-bond acceptors (Lipinski definition) is 8. The number of esters is 2. The van der Waals surface area contributed by atoms with Crippen LogP contribution in [0.15, 0.2) is 24.3 Å². The number of carboxylic acid groups (broad SMARTS) is 1. The lowest BCUT2D eigenvalue weighted by atomic mass is 10.1. The Kier molecular flexibility index (Phi) is 31.4. The molecule has 2 atom stereocenters. The largest absolute Gasteiger partial charge is 0.545 e. The zero-order chi connectivity index (χ0) is 36.4. The zero-order valence-electron chi connectivity index (χ0n) is 32.1. The van der Waals surface area contributed by atoms with Crippen molar-refractivity contribution in [3.63, 3.8) is 0 Å². The summed E-state index contributed by atoms with van der Waals surface area (Å²) in [7, 11) is 5.89. The van der Waals surface area contributed by atoms with Crippen LogP contribution in [0.25, 0.3) is 0 Å². The van der Waals surface area contributed by atoms with E-state index in [0.29, 0.717) is 23.9 Å². The summed E-state index contributed by atoms with van der Waals surface area (Å²) in [6, 6.07) is 0. The topological polar surface area (TPSA) is 111 Å². The van der Waals surface area contributed by atoms with Crippen LogP contribution in [-0.4, -0.2) is 82.3 Å². The number of rotatable bonds is 35. The minimum Gasteiger partial charge on any atom is -0.545 e. The van der Waals surface area contributed by atoms with E-state index in [1.165, 1.54) is 64.2 Å². The van der Waals surface area contributed by atoms with Gasteiger partial charge in [0.25, 0.3) is 0 Å². The van der Waals surface area contributed by atoms with E-state index in [4.69, 9.17) is 18.9 Å². The van der Waals surface area contributed by atoms with Crippen molar-refractivity contribution in [1.82, 2.24) is 0 Å². The quantitative estimate of drug-likeness (QED) is 0.0216. The van der Waals surface area contributed by atoms with Crippen LogP contribution in [0.3, 0.4) is 0 Å². The number of carbonyl (C=O) groups is 3. The Morgan fingerprint density at radius 1 is 0.612 bits per heavy atom. The third-order valence-electron chi connectivity index (χ3n) is 8.20. The van der Waals surface area contributed by atoms with Crippen molar-refractivity contribution in [2.45, 2.75) is 167 Å². The summed E-state index contributed by atoms with van der Waals surface area (Å²) >= 11 is 0. The molecule has 0 N–H and O–H groups in total. The molecule has 2 unspecified atom stereocenters. The van der Waals surface area contributed by atoms with Crippen LogP contribution in [0.1, 0.15) is 155 Å². The van der Waals surface area contributed by atoms with Crippen molar-refractivity contribution in [2.75, 3.05) is 47.5 Å². The van der Waals surface area contributed by atoms with Gasteiger partial charge in [0.1, 0.15) is 13.2 Å². The van der Waals surface area contributed by atoms with Crippen LogP contribution in [0.2, 0.25) is 0 Å². The molecule has 0 aromatic heterocycles. The summed E-state index contributed by atoms with van der Waals surface area (Å²) in [5.41, 5.74) is 0. The number of ether oxygens (including phenoxy) is 4. The fraction of sp³-hybridized carbons (Fsp3) is 0.825. The summed E-state index contributed by atoms with van der Waals surface area (Å²) < 4.78 is 22.4. The maximum absolute atomic E-state index is 12.7. The highest BCUT2D eigenvalue weighted by molar-refractivity contribution is 5.70. The average molecular weight is 696 g/mol. The number of carboxylic acids is 1. The molecule has 286 valence electrons. The highest BCUT2D eigenvalue weighted by Crippen LogP contribution is 2.13. The van der Waals surface area contributed by atoms with E-state index < -0.39 is 24.3 Å². The van der Waals surface area contributed by atoms with E-state index in [2.05, 4.69) is 38.2 Å². The number of hydrogen-bond donors (Lipinski definition) is 0. The molecule has 9 nitrogen and oxygen atoms in total. The molecule has 49 heavy (non-hydrogen) atoms. The average Bonchev–Trinajstić information content (AvgIpc) is 3.05. The van der Waals surface area contributed by atoms with Crippen molar-refractivity contribution in [1.29, 1.82) is 0 Å². The predicted molar refractivity (Wildman–Crippen MR) is 196 cm³/mol. The standard InChI is InChI=1S/C40H73NO8/c1-6-8-10-12-14-16-17-18-19-20-21-23-25-27-29-31-38(43)49-36(35-48-40(39(44)45)46-33-32-41(3,4)5)34-47-37(42)30-28-26-24-22-15-13-11-9-7-2/h14,16,18-19,36,40H,6-13,15,17,20-35H2,1-5H3/b16-14-,19-18-. The third-order valence-corrected chi connectivity index (χ3v) is 8.20. The number of aliphatic carboxylic acids is 1. The van der Waals surface area contributed by atoms with Gasteiger partial charge in [0.2, 0.25) is 0 Å². The van der Waals surface area contributed by atoms with Crippen LogP contribution in [0.4, 0.5) is 0 Å². The molecule has 0 saturated carbocycles. The van der Waals surface area contributed by atoms with Crippen molar-refractivity contribution in [2.24, 2.45) is 0 Å². The molecule has 0 rings (SSSR count). The van der Waals surface area contributed by atoms with Crippen molar-refractivity contribution < 1.29 is 42.9 Å². The van der Waals surface area contributed by atoms with Crippen LogP contribution >= 0.6 is 0 Å². The first kappa shape index (κ1) is 46.8. The molecular weight excluding hydrogens is 622 g/mol. The van der Waals surface area contributed by atoms with E-state index in [0.717, 1.165) is 57.8 Å². The molecule has 0 aliphatic carbocycles. The minimum atomic E-state index is -1.62. The van der Waals surface area contributed by atoms with Crippen molar-refractivity contribution in [3.05, 3.63) is 24.3 Å². The van der Waals surface area contributed by atoms with Gasteiger partial charge in [0, 0.05) is 12.8 Å². The van der Waals surface area contributed by atoms with Crippen LogP contribution in [0, 0.1) is 0 Å². The van der Waals surface area contributed by atoms with Gasteiger partial charge >= 0.3 is 11.9 Å². The Balaban J connectivity index is 4.54. The first-order chi connectivity index (χ1) is 23.6. The fourth-order valence-electron chi connectivity index (χ4n) is 5.09. The van der Waals surface area contributed by atoms with Gasteiger partial charge in [0.05, 0.1) is 40.3 Å². The highest BCUT2D eigenvalue weighted by Gasteiger charge is 2.21. The Labute approximate surface area is 299 Å². The molecular formula is C40H73NO8. The Morgan fingerprint density at radius 2 is 1.10 bits per heavy atom. The van der Waals surface area contributed by atoms with Crippen LogP contribution < -0.4 is 5.11 Å². The van der Waals surface area contributed by atoms with Gasteiger partial charge in [-0.2, -0.15) is 0 Å². The SMILES string of the molecule is CCCCC/C=C\C/C=C\CCCCCCCC(=O)OC(COC(=O)CCCCCCCCCCC)COC(OCC[N+](C)(C)C)C(=O)[O-]. The molecule has 0 spiro atoms. The molecule has 0 bridgehead atoms. The number of unbranched alkanes of at least 4 members (excludes halogenated alkanes) is 16. The highest BCUT2D eigenvalue weighted by atomic mass is 16.7. The van der Waals surface area contributed by atoms with Gasteiger partial charge < -0.3 is 33.3 Å². The second-order valence-electron chi connectivity index (χ2n) is 14.2. The number of carbonyl (C=O) groups excluding carboxylic acids is 3. The summed E-state index contributed by atoms with van der Waals surface area (Å²) in [5.74, 6) is -2.31. The molecule has 0 amide bonds. The zero-order valence-corrected chi connectivity index (χ0v) is 32.1. The molecule has 0 aromatic carbocycles. The lowest BCUT2D eigenvalue weighted by Gasteiger charge is -2.26. The third kappa shape index (κ3) is 34.0. The van der Waals surface area contributed by atoms with E-state index in [1.807, 2.05) is 21.1 Å². The van der Waals surface area contributed by atoms with Crippen LogP contribution in [0.5, 0.6) is 0 Å². The molecule has 0 saturated heterocycles. The number of quaternary nitrogens is 1. The number of allylic oxidation sites excluding steroid dienone is 4. The number of nitrogens with zero attached hydrogens (tertiary/aromatic N) is 1. The van der Waals surface area contributed by atoms with Gasteiger partial charge in [-0.05, 0) is 44.9 Å². The van der Waals surface area contributed by atoms with Gasteiger partial charge in [0.15, 0.2) is 12.4 Å². The van der Waals surface area contributed by atoms with Gasteiger partial charge in [-0.15, -0.1) is 0 Å². The summed E-state index contributed by atoms with van der Waals surface area (Å²) in [6.07, 6.45) is 29.2. The Hall–Kier alpha value is -2.23. The number of likely N-dealkylation sites (N-methyl/N-ethyl adjacent to an activating group) is 1. The van der Waals surface area contributed by atoms with Crippen molar-refractivity contribution in [3.8, 4) is 0 Å². The Bertz CT molecular complexity index is 867. The molecule has 0 radical (unpaired) electrons. The molecule has 0 aliphatic heterocycles. The van der Waals surface area contributed by atoms with E-state index >= 15 is 0 Å². The fourth-order valence-corrected chi connectivity index (χ4v) is 5.09. The molecule has 0 aliphatic rings. The monoisotopic (exact) mass is 696 g/mol. The summed E-state index contributed by atoms with van der Waals surface area (Å²) in [5, 5.41) is 11.6. The van der Waals surface area contributed by atoms with Crippen molar-refractivity contribution >= 4 is 17.9 Å².